The Morgan fingerprint density at radius 2 is 2.14 bits per heavy atom. The minimum absolute atomic E-state index is 0.0269. The van der Waals surface area contributed by atoms with Crippen molar-refractivity contribution in [1.29, 1.82) is 5.26 Å². The molecule has 0 aromatic heterocycles. The number of carbonyl (C=O) groups excluding carboxylic acids is 2. The zero-order chi connectivity index (χ0) is 15.4. The molecule has 21 heavy (non-hydrogen) atoms. The maximum atomic E-state index is 12.3. The zero-order valence-corrected chi connectivity index (χ0v) is 11.3. The van der Waals surface area contributed by atoms with Crippen LogP contribution in [0.4, 0.5) is 5.69 Å². The van der Waals surface area contributed by atoms with Crippen LogP contribution in [0.5, 0.6) is 0 Å². The molecular formula is C14H13N3O4. The molecule has 1 aliphatic rings. The first kappa shape index (κ1) is 14.7. The number of aliphatic hydroxyl groups is 1. The number of hydrogen-bond donors (Lipinski definition) is 1. The van der Waals surface area contributed by atoms with Crippen molar-refractivity contribution in [2.45, 2.75) is 6.42 Å². The fourth-order valence-corrected chi connectivity index (χ4v) is 2.03. The Balaban J connectivity index is 2.35. The Bertz CT molecular complexity index is 631. The molecule has 0 aliphatic carbocycles. The van der Waals surface area contributed by atoms with Gasteiger partial charge in [-0.15, -0.1) is 0 Å². The standard InChI is InChI=1S/C14H13N3O4/c1-21-14(20)12-11(6-7-18)13(19)17(16-12)10-4-2-9(8-15)3-5-10/h2-5,11,18H,6-7H2,1H3/t11-/m0/s1. The van der Waals surface area contributed by atoms with E-state index in [2.05, 4.69) is 9.84 Å². The highest BCUT2D eigenvalue weighted by Gasteiger charge is 2.40. The predicted molar refractivity (Wildman–Crippen MR) is 73.3 cm³/mol. The van der Waals surface area contributed by atoms with Crippen LogP contribution in [-0.4, -0.2) is 36.4 Å². The monoisotopic (exact) mass is 287 g/mol. The third-order valence-electron chi connectivity index (χ3n) is 3.10. The number of esters is 1. The normalized spacial score (nSPS) is 17.4. The molecule has 1 amide bonds. The van der Waals surface area contributed by atoms with Crippen molar-refractivity contribution in [2.24, 2.45) is 11.0 Å². The molecule has 0 saturated carbocycles. The second-order valence-corrected chi connectivity index (χ2v) is 4.35. The number of carbonyl (C=O) groups is 2. The quantitative estimate of drug-likeness (QED) is 0.809. The Hall–Kier alpha value is -2.72. The Morgan fingerprint density at radius 1 is 1.48 bits per heavy atom. The topological polar surface area (TPSA) is 103 Å². The molecule has 1 aromatic carbocycles. The first-order valence-corrected chi connectivity index (χ1v) is 6.24. The van der Waals surface area contributed by atoms with Gasteiger partial charge in [-0.25, -0.2) is 4.79 Å². The second kappa shape index (κ2) is 6.15. The van der Waals surface area contributed by atoms with Gasteiger partial charge in [-0.05, 0) is 30.7 Å². The van der Waals surface area contributed by atoms with Crippen molar-refractivity contribution in [1.82, 2.24) is 0 Å². The summed E-state index contributed by atoms with van der Waals surface area (Å²) in [4.78, 5) is 24.0. The number of anilines is 1. The molecule has 1 heterocycles. The first-order chi connectivity index (χ1) is 10.1. The van der Waals surface area contributed by atoms with Gasteiger partial charge in [0.05, 0.1) is 30.3 Å². The summed E-state index contributed by atoms with van der Waals surface area (Å²) in [7, 11) is 1.20. The van der Waals surface area contributed by atoms with Gasteiger partial charge in [-0.1, -0.05) is 0 Å². The zero-order valence-electron chi connectivity index (χ0n) is 11.3. The molecule has 7 heteroatoms. The van der Waals surface area contributed by atoms with Crippen LogP contribution in [0.1, 0.15) is 12.0 Å². The maximum Gasteiger partial charge on any atom is 0.355 e. The van der Waals surface area contributed by atoms with E-state index in [1.54, 1.807) is 24.3 Å². The number of benzene rings is 1. The molecule has 2 rings (SSSR count). The van der Waals surface area contributed by atoms with Crippen molar-refractivity contribution < 1.29 is 19.4 Å². The molecular weight excluding hydrogens is 274 g/mol. The molecule has 0 spiro atoms. The minimum Gasteiger partial charge on any atom is -0.464 e. The molecule has 0 bridgehead atoms. The molecule has 0 radical (unpaired) electrons. The Morgan fingerprint density at radius 3 is 2.67 bits per heavy atom. The predicted octanol–water partition coefficient (Wildman–Crippen LogP) is 0.432. The summed E-state index contributed by atoms with van der Waals surface area (Å²) in [5, 5.41) is 22.9. The van der Waals surface area contributed by atoms with Crippen LogP contribution in [0.2, 0.25) is 0 Å². The lowest BCUT2D eigenvalue weighted by Crippen LogP contribution is -2.31. The van der Waals surface area contributed by atoms with Gasteiger partial charge in [0.2, 0.25) is 0 Å². The van der Waals surface area contributed by atoms with E-state index in [1.165, 1.54) is 7.11 Å². The highest BCUT2D eigenvalue weighted by molar-refractivity contribution is 6.44. The molecule has 0 unspecified atom stereocenters. The van der Waals surface area contributed by atoms with Crippen LogP contribution in [-0.2, 0) is 14.3 Å². The van der Waals surface area contributed by atoms with Crippen molar-refractivity contribution in [3.05, 3.63) is 29.8 Å². The number of aliphatic hydroxyl groups excluding tert-OH is 1. The number of methoxy groups -OCH3 is 1. The van der Waals surface area contributed by atoms with Crippen LogP contribution in [0.3, 0.4) is 0 Å². The third-order valence-corrected chi connectivity index (χ3v) is 3.10. The lowest BCUT2D eigenvalue weighted by Gasteiger charge is -2.13. The van der Waals surface area contributed by atoms with Crippen LogP contribution in [0.25, 0.3) is 0 Å². The smallest absolute Gasteiger partial charge is 0.355 e. The third kappa shape index (κ3) is 2.75. The van der Waals surface area contributed by atoms with E-state index in [0.717, 1.165) is 5.01 Å². The van der Waals surface area contributed by atoms with E-state index >= 15 is 0 Å². The van der Waals surface area contributed by atoms with Crippen molar-refractivity contribution >= 4 is 23.3 Å². The average molecular weight is 287 g/mol. The van der Waals surface area contributed by atoms with Gasteiger partial charge < -0.3 is 9.84 Å². The largest absolute Gasteiger partial charge is 0.464 e. The molecule has 1 aliphatic heterocycles. The maximum absolute atomic E-state index is 12.3. The summed E-state index contributed by atoms with van der Waals surface area (Å²) in [6.07, 6.45) is 0.0968. The van der Waals surface area contributed by atoms with Crippen LogP contribution in [0.15, 0.2) is 29.4 Å². The fourth-order valence-electron chi connectivity index (χ4n) is 2.03. The summed E-state index contributed by atoms with van der Waals surface area (Å²) in [6, 6.07) is 8.21. The number of amides is 1. The average Bonchev–Trinajstić information content (AvgIpc) is 2.84. The van der Waals surface area contributed by atoms with Gasteiger partial charge in [0, 0.05) is 6.61 Å². The molecule has 1 atom stereocenters. The van der Waals surface area contributed by atoms with E-state index in [-0.39, 0.29) is 18.7 Å². The lowest BCUT2D eigenvalue weighted by molar-refractivity contribution is -0.133. The van der Waals surface area contributed by atoms with E-state index in [0.29, 0.717) is 11.3 Å². The number of nitriles is 1. The van der Waals surface area contributed by atoms with E-state index in [9.17, 15) is 9.59 Å². The van der Waals surface area contributed by atoms with Gasteiger partial charge in [0.25, 0.3) is 5.91 Å². The SMILES string of the molecule is COC(=O)C1=NN(c2ccc(C#N)cc2)C(=O)[C@H]1CCO. The Labute approximate surface area is 121 Å². The molecule has 108 valence electrons. The molecule has 1 aromatic rings. The van der Waals surface area contributed by atoms with Gasteiger partial charge in [-0.2, -0.15) is 15.4 Å². The van der Waals surface area contributed by atoms with Crippen molar-refractivity contribution in [3.63, 3.8) is 0 Å². The molecule has 0 saturated heterocycles. The summed E-state index contributed by atoms with van der Waals surface area (Å²) in [6.45, 7) is -0.242. The first-order valence-electron chi connectivity index (χ1n) is 6.24. The summed E-state index contributed by atoms with van der Waals surface area (Å²) >= 11 is 0. The number of ether oxygens (including phenoxy) is 1. The molecule has 1 N–H and O–H groups in total. The van der Waals surface area contributed by atoms with Gasteiger partial charge in [-0.3, -0.25) is 4.79 Å². The minimum atomic E-state index is -0.821. The lowest BCUT2D eigenvalue weighted by atomic mass is 10.00. The van der Waals surface area contributed by atoms with Gasteiger partial charge >= 0.3 is 5.97 Å². The number of nitrogens with zero attached hydrogens (tertiary/aromatic N) is 3. The summed E-state index contributed by atoms with van der Waals surface area (Å²) < 4.78 is 4.61. The fraction of sp³-hybridized carbons (Fsp3) is 0.286. The molecule has 0 fully saturated rings. The second-order valence-electron chi connectivity index (χ2n) is 4.35. The Kier molecular flexibility index (Phi) is 4.30. The highest BCUT2D eigenvalue weighted by Crippen LogP contribution is 2.26. The van der Waals surface area contributed by atoms with Crippen molar-refractivity contribution in [3.8, 4) is 6.07 Å². The highest BCUT2D eigenvalue weighted by atomic mass is 16.5. The van der Waals surface area contributed by atoms with Crippen molar-refractivity contribution in [2.75, 3.05) is 18.7 Å². The van der Waals surface area contributed by atoms with E-state index < -0.39 is 17.8 Å². The van der Waals surface area contributed by atoms with E-state index in [4.69, 9.17) is 10.4 Å². The van der Waals surface area contributed by atoms with E-state index in [1.807, 2.05) is 6.07 Å². The van der Waals surface area contributed by atoms with Gasteiger partial charge in [0.15, 0.2) is 5.71 Å². The van der Waals surface area contributed by atoms with Gasteiger partial charge in [0.1, 0.15) is 0 Å². The molecule has 7 nitrogen and oxygen atoms in total. The summed E-state index contributed by atoms with van der Waals surface area (Å²) in [5.41, 5.74) is 0.872. The number of hydrazone groups is 1. The summed E-state index contributed by atoms with van der Waals surface area (Å²) in [5.74, 6) is -1.93. The van der Waals surface area contributed by atoms with Crippen LogP contribution in [0, 0.1) is 17.2 Å². The van der Waals surface area contributed by atoms with Crippen LogP contribution < -0.4 is 5.01 Å². The number of rotatable bonds is 4. The van der Waals surface area contributed by atoms with Crippen LogP contribution >= 0.6 is 0 Å². The number of hydrogen-bond acceptors (Lipinski definition) is 6.